The summed E-state index contributed by atoms with van der Waals surface area (Å²) in [5.41, 5.74) is 3.45. The first-order valence-corrected chi connectivity index (χ1v) is 13.5. The molecule has 4 aromatic carbocycles. The summed E-state index contributed by atoms with van der Waals surface area (Å²) in [4.78, 5) is 14.3. The normalized spacial score (nSPS) is 18.1. The number of hydrogen-bond donors (Lipinski definition) is 0. The Kier molecular flexibility index (Phi) is 7.39. The second kappa shape index (κ2) is 11.4. The molecule has 0 aliphatic carbocycles. The molecule has 0 radical (unpaired) electrons. The molecule has 0 saturated carbocycles. The zero-order valence-corrected chi connectivity index (χ0v) is 23.1. The maximum Gasteiger partial charge on any atom is 0.362 e. The molecule has 7 nitrogen and oxygen atoms in total. The van der Waals surface area contributed by atoms with Crippen molar-refractivity contribution in [2.45, 2.75) is 24.9 Å². The van der Waals surface area contributed by atoms with Crippen molar-refractivity contribution in [2.75, 3.05) is 14.2 Å². The van der Waals surface area contributed by atoms with E-state index in [-0.39, 0.29) is 12.8 Å². The molecule has 0 bridgehead atoms. The Hall–Kier alpha value is -5.05. The van der Waals surface area contributed by atoms with E-state index in [9.17, 15) is 4.79 Å². The molecule has 0 fully saturated rings. The molecule has 2 aliphatic heterocycles. The van der Waals surface area contributed by atoms with Crippen molar-refractivity contribution in [1.82, 2.24) is 10.0 Å². The molecule has 2 unspecified atom stereocenters. The van der Waals surface area contributed by atoms with Crippen molar-refractivity contribution < 1.29 is 23.0 Å². The van der Waals surface area contributed by atoms with Crippen LogP contribution in [0.1, 0.15) is 47.2 Å². The van der Waals surface area contributed by atoms with Crippen molar-refractivity contribution in [1.29, 1.82) is 0 Å². The first kappa shape index (κ1) is 27.1. The lowest BCUT2D eigenvalue weighted by Gasteiger charge is -2.29. The van der Waals surface area contributed by atoms with Gasteiger partial charge in [-0.2, -0.15) is 10.2 Å². The van der Waals surface area contributed by atoms with Crippen LogP contribution in [0.2, 0.25) is 0 Å². The van der Waals surface area contributed by atoms with Gasteiger partial charge in [-0.15, -0.1) is 0 Å². The molecular formula is C33H28F2N4O3. The summed E-state index contributed by atoms with van der Waals surface area (Å²) < 4.78 is 40.8. The van der Waals surface area contributed by atoms with Gasteiger partial charge >= 0.3 is 6.03 Å². The van der Waals surface area contributed by atoms with Crippen molar-refractivity contribution >= 4 is 17.5 Å². The van der Waals surface area contributed by atoms with Crippen LogP contribution in [0.5, 0.6) is 11.5 Å². The molecule has 2 heterocycles. The summed E-state index contributed by atoms with van der Waals surface area (Å²) in [6, 6.07) is 25.3. The number of methoxy groups -OCH3 is 2. The number of nitrogens with zero attached hydrogens (tertiary/aromatic N) is 4. The highest BCUT2D eigenvalue weighted by atomic mass is 19.1. The standard InChI is InChI=1S/C33H28F2N4O3/c1-41-23-15-11-21(12-16-23)29-19-31(25-7-3-5-9-27(25)34)38(36-29)33(40)39-32(26-8-4-6-10-28(26)35)20-30(37-39)22-13-17-24(42-2)18-14-22/h3-18,31-32H,19-20H2,1-2H3. The van der Waals surface area contributed by atoms with Crippen LogP contribution in [0.3, 0.4) is 0 Å². The van der Waals surface area contributed by atoms with E-state index in [1.807, 2.05) is 24.3 Å². The third-order valence-electron chi connectivity index (χ3n) is 7.59. The molecule has 6 rings (SSSR count). The molecule has 2 aliphatic rings. The molecule has 0 saturated heterocycles. The second-order valence-corrected chi connectivity index (χ2v) is 10.0. The number of carbonyl (C=O) groups is 1. The van der Waals surface area contributed by atoms with E-state index in [2.05, 4.69) is 0 Å². The maximum atomic E-state index is 15.1. The Morgan fingerprint density at radius 3 is 1.38 bits per heavy atom. The van der Waals surface area contributed by atoms with E-state index in [0.29, 0.717) is 34.0 Å². The SMILES string of the molecule is COc1ccc(C2=NN(C(=O)N3N=C(c4ccc(OC)cc4)CC3c3ccccc3F)C(c3ccccc3F)C2)cc1. The molecule has 0 spiro atoms. The largest absolute Gasteiger partial charge is 0.497 e. The fourth-order valence-corrected chi connectivity index (χ4v) is 5.37. The van der Waals surface area contributed by atoms with E-state index >= 15 is 8.78 Å². The highest BCUT2D eigenvalue weighted by Crippen LogP contribution is 2.40. The molecule has 4 aromatic rings. The van der Waals surface area contributed by atoms with Gasteiger partial charge in [0.1, 0.15) is 23.1 Å². The summed E-state index contributed by atoms with van der Waals surface area (Å²) in [5, 5.41) is 11.9. The van der Waals surface area contributed by atoms with Crippen LogP contribution in [-0.2, 0) is 0 Å². The van der Waals surface area contributed by atoms with E-state index < -0.39 is 29.7 Å². The minimum Gasteiger partial charge on any atom is -0.497 e. The van der Waals surface area contributed by atoms with Crippen LogP contribution in [0.25, 0.3) is 0 Å². The first-order chi connectivity index (χ1) is 20.5. The molecular weight excluding hydrogens is 538 g/mol. The van der Waals surface area contributed by atoms with Gasteiger partial charge in [0.25, 0.3) is 0 Å². The molecule has 212 valence electrons. The number of halogens is 2. The van der Waals surface area contributed by atoms with Gasteiger partial charge in [-0.1, -0.05) is 36.4 Å². The first-order valence-electron chi connectivity index (χ1n) is 13.5. The topological polar surface area (TPSA) is 66.7 Å². The Morgan fingerprint density at radius 1 is 0.643 bits per heavy atom. The maximum absolute atomic E-state index is 15.1. The van der Waals surface area contributed by atoms with Gasteiger partial charge in [0.15, 0.2) is 0 Å². The molecule has 2 amide bonds. The van der Waals surface area contributed by atoms with Crippen LogP contribution in [0, 0.1) is 11.6 Å². The highest BCUT2D eigenvalue weighted by Gasteiger charge is 2.42. The van der Waals surface area contributed by atoms with Crippen molar-refractivity contribution in [3.05, 3.63) is 131 Å². The van der Waals surface area contributed by atoms with Gasteiger partial charge in [-0.05, 0) is 71.8 Å². The van der Waals surface area contributed by atoms with Gasteiger partial charge in [0, 0.05) is 24.0 Å². The van der Waals surface area contributed by atoms with Gasteiger partial charge in [0.2, 0.25) is 0 Å². The predicted octanol–water partition coefficient (Wildman–Crippen LogP) is 7.10. The number of hydrazone groups is 2. The lowest BCUT2D eigenvalue weighted by Crippen LogP contribution is -2.38. The number of benzene rings is 4. The third-order valence-corrected chi connectivity index (χ3v) is 7.59. The lowest BCUT2D eigenvalue weighted by atomic mass is 9.97. The zero-order chi connectivity index (χ0) is 29.2. The van der Waals surface area contributed by atoms with E-state index in [4.69, 9.17) is 19.7 Å². The Morgan fingerprint density at radius 2 is 1.02 bits per heavy atom. The molecule has 42 heavy (non-hydrogen) atoms. The van der Waals surface area contributed by atoms with Crippen molar-refractivity contribution in [3.63, 3.8) is 0 Å². The van der Waals surface area contributed by atoms with Crippen molar-refractivity contribution in [3.8, 4) is 11.5 Å². The average Bonchev–Trinajstić information content (AvgIpc) is 3.67. The minimum atomic E-state index is -0.725. The number of ether oxygens (including phenoxy) is 2. The quantitative estimate of drug-likeness (QED) is 0.250. The fraction of sp³-hybridized carbons (Fsp3) is 0.182. The predicted molar refractivity (Wildman–Crippen MR) is 156 cm³/mol. The second-order valence-electron chi connectivity index (χ2n) is 10.0. The van der Waals surface area contributed by atoms with E-state index in [1.54, 1.807) is 74.9 Å². The monoisotopic (exact) mass is 566 g/mol. The number of rotatable bonds is 6. The van der Waals surface area contributed by atoms with Gasteiger partial charge in [-0.25, -0.2) is 23.6 Å². The summed E-state index contributed by atoms with van der Waals surface area (Å²) in [7, 11) is 3.17. The van der Waals surface area contributed by atoms with Crippen LogP contribution >= 0.6 is 0 Å². The summed E-state index contributed by atoms with van der Waals surface area (Å²) in [6.07, 6.45) is 0.568. The van der Waals surface area contributed by atoms with Crippen LogP contribution < -0.4 is 9.47 Å². The van der Waals surface area contributed by atoms with Crippen LogP contribution in [0.15, 0.2) is 107 Å². The highest BCUT2D eigenvalue weighted by molar-refractivity contribution is 6.05. The molecule has 0 aromatic heterocycles. The summed E-state index contributed by atoms with van der Waals surface area (Å²) in [5.74, 6) is 0.476. The zero-order valence-electron chi connectivity index (χ0n) is 23.1. The van der Waals surface area contributed by atoms with E-state index in [1.165, 1.54) is 22.2 Å². The Labute approximate surface area is 242 Å². The van der Waals surface area contributed by atoms with E-state index in [0.717, 1.165) is 11.1 Å². The van der Waals surface area contributed by atoms with Gasteiger partial charge in [0.05, 0.1) is 37.7 Å². The number of amides is 2. The smallest absolute Gasteiger partial charge is 0.362 e. The average molecular weight is 567 g/mol. The van der Waals surface area contributed by atoms with Crippen LogP contribution in [-0.4, -0.2) is 41.7 Å². The summed E-state index contributed by atoms with van der Waals surface area (Å²) in [6.45, 7) is 0. The minimum absolute atomic E-state index is 0.284. The third kappa shape index (κ3) is 5.09. The molecule has 0 N–H and O–H groups in total. The fourth-order valence-electron chi connectivity index (χ4n) is 5.37. The molecule has 9 heteroatoms. The number of carbonyl (C=O) groups excluding carboxylic acids is 1. The number of urea groups is 1. The molecule has 2 atom stereocenters. The van der Waals surface area contributed by atoms with Gasteiger partial charge < -0.3 is 9.47 Å². The van der Waals surface area contributed by atoms with Gasteiger partial charge in [-0.3, -0.25) is 0 Å². The Bertz CT molecular complexity index is 1550. The van der Waals surface area contributed by atoms with Crippen molar-refractivity contribution in [2.24, 2.45) is 10.2 Å². The van der Waals surface area contributed by atoms with Crippen LogP contribution in [0.4, 0.5) is 13.6 Å². The lowest BCUT2D eigenvalue weighted by molar-refractivity contribution is 0.130. The number of hydrogen-bond acceptors (Lipinski definition) is 5. The summed E-state index contributed by atoms with van der Waals surface area (Å²) >= 11 is 0. The Balaban J connectivity index is 1.42.